The second-order valence-corrected chi connectivity index (χ2v) is 3.22. The number of methoxy groups -OCH3 is 3. The smallest absolute Gasteiger partial charge is 0.191 e. The number of ether oxygens (including phenoxy) is 4. The van der Waals surface area contributed by atoms with Crippen molar-refractivity contribution in [3.63, 3.8) is 0 Å². The van der Waals surface area contributed by atoms with Crippen LogP contribution in [0, 0.1) is 11.3 Å². The lowest BCUT2D eigenvalue weighted by molar-refractivity contribution is -0.121. The van der Waals surface area contributed by atoms with Crippen molar-refractivity contribution in [2.45, 2.75) is 6.29 Å². The highest BCUT2D eigenvalue weighted by Crippen LogP contribution is 2.22. The van der Waals surface area contributed by atoms with Gasteiger partial charge in [-0.15, -0.1) is 0 Å². The van der Waals surface area contributed by atoms with Gasteiger partial charge >= 0.3 is 0 Å². The summed E-state index contributed by atoms with van der Waals surface area (Å²) in [5.41, 5.74) is 0.478. The lowest BCUT2D eigenvalue weighted by Crippen LogP contribution is -2.22. The minimum absolute atomic E-state index is 0.241. The second-order valence-electron chi connectivity index (χ2n) is 3.22. The van der Waals surface area contributed by atoms with Crippen molar-refractivity contribution in [1.82, 2.24) is 0 Å². The van der Waals surface area contributed by atoms with Gasteiger partial charge in [0.15, 0.2) is 6.29 Å². The molecular formula is C12H15NO4. The normalized spacial score (nSPS) is 10.1. The van der Waals surface area contributed by atoms with Gasteiger partial charge in [0.1, 0.15) is 18.1 Å². The van der Waals surface area contributed by atoms with Gasteiger partial charge in [-0.05, 0) is 12.1 Å². The molecule has 92 valence electrons. The van der Waals surface area contributed by atoms with E-state index >= 15 is 0 Å². The van der Waals surface area contributed by atoms with Crippen LogP contribution in [0.1, 0.15) is 5.56 Å². The molecule has 0 saturated carbocycles. The molecule has 0 bridgehead atoms. The van der Waals surface area contributed by atoms with Crippen LogP contribution in [0.2, 0.25) is 0 Å². The maximum atomic E-state index is 8.84. The molecule has 1 rings (SSSR count). The molecule has 1 aromatic carbocycles. The second kappa shape index (κ2) is 6.74. The Morgan fingerprint density at radius 2 is 1.76 bits per heavy atom. The highest BCUT2D eigenvalue weighted by atomic mass is 16.7. The first-order chi connectivity index (χ1) is 8.23. The summed E-state index contributed by atoms with van der Waals surface area (Å²) in [4.78, 5) is 0. The van der Waals surface area contributed by atoms with Crippen molar-refractivity contribution in [2.24, 2.45) is 0 Å². The summed E-state index contributed by atoms with van der Waals surface area (Å²) < 4.78 is 20.5. The Labute approximate surface area is 100 Å². The lowest BCUT2D eigenvalue weighted by atomic mass is 10.2. The molecule has 0 fully saturated rings. The fourth-order valence-corrected chi connectivity index (χ4v) is 1.23. The van der Waals surface area contributed by atoms with Gasteiger partial charge in [-0.25, -0.2) is 0 Å². The predicted octanol–water partition coefficient (Wildman–Crippen LogP) is 1.56. The molecule has 1 aromatic rings. The predicted molar refractivity (Wildman–Crippen MR) is 61.0 cm³/mol. The van der Waals surface area contributed by atoms with E-state index in [-0.39, 0.29) is 6.61 Å². The summed E-state index contributed by atoms with van der Waals surface area (Å²) in [6.07, 6.45) is -0.438. The van der Waals surface area contributed by atoms with E-state index in [0.717, 1.165) is 0 Å². The third-order valence-electron chi connectivity index (χ3n) is 2.16. The molecular weight excluding hydrogens is 222 g/mol. The van der Waals surface area contributed by atoms with Crippen LogP contribution in [0.15, 0.2) is 18.2 Å². The first kappa shape index (κ1) is 13.3. The molecule has 0 radical (unpaired) electrons. The van der Waals surface area contributed by atoms with Crippen molar-refractivity contribution in [1.29, 1.82) is 5.26 Å². The monoisotopic (exact) mass is 237 g/mol. The van der Waals surface area contributed by atoms with E-state index in [4.69, 9.17) is 24.2 Å². The molecule has 0 unspecified atom stereocenters. The minimum Gasteiger partial charge on any atom is -0.497 e. The maximum Gasteiger partial charge on any atom is 0.191 e. The van der Waals surface area contributed by atoms with Gasteiger partial charge in [0.05, 0.1) is 18.7 Å². The van der Waals surface area contributed by atoms with E-state index < -0.39 is 6.29 Å². The Kier molecular flexibility index (Phi) is 5.27. The lowest BCUT2D eigenvalue weighted by Gasteiger charge is -2.14. The molecule has 0 heterocycles. The number of nitrogens with zero attached hydrogens (tertiary/aromatic N) is 1. The van der Waals surface area contributed by atoms with Crippen LogP contribution in [0.4, 0.5) is 0 Å². The average Bonchev–Trinajstić information content (AvgIpc) is 2.39. The van der Waals surface area contributed by atoms with Gasteiger partial charge in [0.2, 0.25) is 0 Å². The van der Waals surface area contributed by atoms with Crippen molar-refractivity contribution >= 4 is 0 Å². The molecule has 0 aliphatic rings. The van der Waals surface area contributed by atoms with Crippen LogP contribution in [0.3, 0.4) is 0 Å². The molecule has 0 amide bonds. The van der Waals surface area contributed by atoms with E-state index in [0.29, 0.717) is 17.1 Å². The Morgan fingerprint density at radius 3 is 2.29 bits per heavy atom. The van der Waals surface area contributed by atoms with Gasteiger partial charge in [-0.2, -0.15) is 5.26 Å². The van der Waals surface area contributed by atoms with Crippen molar-refractivity contribution in [2.75, 3.05) is 27.9 Å². The van der Waals surface area contributed by atoms with Crippen molar-refractivity contribution < 1.29 is 18.9 Å². The standard InChI is InChI=1S/C12H15NO4/c1-14-10-4-9(7-13)5-11(6-10)17-8-12(15-2)16-3/h4-6,12H,8H2,1-3H3. The average molecular weight is 237 g/mol. The summed E-state index contributed by atoms with van der Waals surface area (Å²) in [6, 6.07) is 7.00. The molecule has 5 nitrogen and oxygen atoms in total. The maximum absolute atomic E-state index is 8.84. The fourth-order valence-electron chi connectivity index (χ4n) is 1.23. The number of nitriles is 1. The Bertz CT molecular complexity index is 396. The number of benzene rings is 1. The van der Waals surface area contributed by atoms with Crippen LogP contribution in [-0.2, 0) is 9.47 Å². The van der Waals surface area contributed by atoms with Gasteiger partial charge in [-0.1, -0.05) is 0 Å². The molecule has 0 spiro atoms. The molecule has 5 heteroatoms. The minimum atomic E-state index is -0.438. The van der Waals surface area contributed by atoms with E-state index in [1.54, 1.807) is 18.2 Å². The molecule has 0 saturated heterocycles. The SMILES string of the molecule is COc1cc(C#N)cc(OCC(OC)OC)c1. The zero-order valence-corrected chi connectivity index (χ0v) is 10.1. The summed E-state index contributed by atoms with van der Waals surface area (Å²) in [6.45, 7) is 0.241. The van der Waals surface area contributed by atoms with E-state index in [1.807, 2.05) is 6.07 Å². The summed E-state index contributed by atoms with van der Waals surface area (Å²) in [5, 5.41) is 8.84. The van der Waals surface area contributed by atoms with Gasteiger partial charge in [0, 0.05) is 20.3 Å². The molecule has 0 aromatic heterocycles. The first-order valence-corrected chi connectivity index (χ1v) is 5.01. The molecule has 0 aliphatic carbocycles. The zero-order chi connectivity index (χ0) is 12.7. The van der Waals surface area contributed by atoms with Crippen LogP contribution in [0.5, 0.6) is 11.5 Å². The van der Waals surface area contributed by atoms with Crippen LogP contribution in [-0.4, -0.2) is 34.2 Å². The van der Waals surface area contributed by atoms with Crippen LogP contribution in [0.25, 0.3) is 0 Å². The van der Waals surface area contributed by atoms with Gasteiger partial charge < -0.3 is 18.9 Å². The quantitative estimate of drug-likeness (QED) is 0.703. The van der Waals surface area contributed by atoms with Crippen LogP contribution >= 0.6 is 0 Å². The number of hydrogen-bond acceptors (Lipinski definition) is 5. The molecule has 0 N–H and O–H groups in total. The Balaban J connectivity index is 2.73. The summed E-state index contributed by atoms with van der Waals surface area (Å²) >= 11 is 0. The number of rotatable bonds is 6. The fraction of sp³-hybridized carbons (Fsp3) is 0.417. The zero-order valence-electron chi connectivity index (χ0n) is 10.1. The van der Waals surface area contributed by atoms with E-state index in [1.165, 1.54) is 21.3 Å². The van der Waals surface area contributed by atoms with E-state index in [2.05, 4.69) is 0 Å². The number of hydrogen-bond donors (Lipinski definition) is 0. The Hall–Kier alpha value is -1.77. The Morgan fingerprint density at radius 1 is 1.12 bits per heavy atom. The highest BCUT2D eigenvalue weighted by Gasteiger charge is 2.07. The van der Waals surface area contributed by atoms with Crippen molar-refractivity contribution in [3.8, 4) is 17.6 Å². The third-order valence-corrected chi connectivity index (χ3v) is 2.16. The molecule has 0 aliphatic heterocycles. The van der Waals surface area contributed by atoms with Crippen LogP contribution < -0.4 is 9.47 Å². The molecule has 0 atom stereocenters. The first-order valence-electron chi connectivity index (χ1n) is 5.01. The topological polar surface area (TPSA) is 60.7 Å². The summed E-state index contributed by atoms with van der Waals surface area (Å²) in [7, 11) is 4.60. The van der Waals surface area contributed by atoms with E-state index in [9.17, 15) is 0 Å². The van der Waals surface area contributed by atoms with Gasteiger partial charge in [-0.3, -0.25) is 0 Å². The largest absolute Gasteiger partial charge is 0.497 e. The third kappa shape index (κ3) is 3.94. The van der Waals surface area contributed by atoms with Gasteiger partial charge in [0.25, 0.3) is 0 Å². The highest BCUT2D eigenvalue weighted by molar-refractivity contribution is 5.43. The van der Waals surface area contributed by atoms with Crippen molar-refractivity contribution in [3.05, 3.63) is 23.8 Å². The summed E-state index contributed by atoms with van der Waals surface area (Å²) in [5.74, 6) is 1.12. The molecule has 17 heavy (non-hydrogen) atoms.